The van der Waals surface area contributed by atoms with Crippen LogP contribution >= 0.6 is 0 Å². The van der Waals surface area contributed by atoms with Crippen molar-refractivity contribution in [2.45, 2.75) is 13.8 Å². The summed E-state index contributed by atoms with van der Waals surface area (Å²) in [6.07, 6.45) is 1.70. The van der Waals surface area contributed by atoms with E-state index in [-0.39, 0.29) is 11.3 Å². The maximum absolute atomic E-state index is 11.0. The smallest absolute Gasteiger partial charge is 0.335 e. The van der Waals surface area contributed by atoms with E-state index < -0.39 is 10.9 Å². The first-order chi connectivity index (χ1) is 13.8. The lowest BCUT2D eigenvalue weighted by atomic mass is 10.2. The zero-order valence-corrected chi connectivity index (χ0v) is 16.1. The van der Waals surface area contributed by atoms with Gasteiger partial charge in [0.15, 0.2) is 0 Å². The van der Waals surface area contributed by atoms with Gasteiger partial charge in [-0.2, -0.15) is 0 Å². The number of nitrogens with zero attached hydrogens (tertiary/aromatic N) is 3. The molecule has 29 heavy (non-hydrogen) atoms. The Labute approximate surface area is 166 Å². The molecule has 0 unspecified atom stereocenters. The summed E-state index contributed by atoms with van der Waals surface area (Å²) < 4.78 is 7.30. The van der Waals surface area contributed by atoms with Crippen molar-refractivity contribution >= 4 is 23.6 Å². The zero-order chi connectivity index (χ0) is 21.1. The number of aryl methyl sites for hydroxylation is 1. The van der Waals surface area contributed by atoms with Gasteiger partial charge in [-0.15, -0.1) is 0 Å². The molecule has 3 aromatic rings. The fraction of sp³-hybridized carbons (Fsp3) is 0.143. The molecule has 2 aromatic carbocycles. The van der Waals surface area contributed by atoms with Gasteiger partial charge in [-0.1, -0.05) is 0 Å². The number of carboxylic acids is 1. The number of methoxy groups -OCH3 is 1. The highest BCUT2D eigenvalue weighted by atomic mass is 16.6. The van der Waals surface area contributed by atoms with Crippen molar-refractivity contribution in [1.29, 1.82) is 0 Å². The zero-order valence-electron chi connectivity index (χ0n) is 16.1. The molecule has 0 radical (unpaired) electrons. The number of nitro benzene ring substituents is 1. The average molecular weight is 393 g/mol. The second-order valence-corrected chi connectivity index (χ2v) is 6.39. The molecule has 0 saturated heterocycles. The van der Waals surface area contributed by atoms with Gasteiger partial charge in [-0.3, -0.25) is 15.1 Å². The molecule has 0 amide bonds. The van der Waals surface area contributed by atoms with Gasteiger partial charge in [0.2, 0.25) is 0 Å². The molecule has 0 fully saturated rings. The van der Waals surface area contributed by atoms with E-state index >= 15 is 0 Å². The molecule has 3 rings (SSSR count). The molecule has 1 N–H and O–H groups in total. The minimum atomic E-state index is -0.985. The third kappa shape index (κ3) is 4.01. The first kappa shape index (κ1) is 19.8. The van der Waals surface area contributed by atoms with Gasteiger partial charge in [0, 0.05) is 29.2 Å². The predicted octanol–water partition coefficient (Wildman–Crippen LogP) is 4.46. The van der Waals surface area contributed by atoms with Crippen molar-refractivity contribution in [2.75, 3.05) is 7.11 Å². The molecule has 8 heteroatoms. The number of non-ortho nitro benzene ring substituents is 1. The number of rotatable bonds is 6. The Bertz CT molecular complexity index is 1110. The molecule has 0 spiro atoms. The summed E-state index contributed by atoms with van der Waals surface area (Å²) in [6.45, 7) is 3.84. The van der Waals surface area contributed by atoms with Crippen LogP contribution in [-0.2, 0) is 0 Å². The molecule has 0 saturated carbocycles. The maximum Gasteiger partial charge on any atom is 0.335 e. The Hall–Kier alpha value is -3.94. The largest absolute Gasteiger partial charge is 0.494 e. The molecular formula is C21H19N3O5. The Kier molecular flexibility index (Phi) is 5.45. The van der Waals surface area contributed by atoms with Crippen molar-refractivity contribution < 1.29 is 19.6 Å². The Balaban J connectivity index is 1.97. The highest BCUT2D eigenvalue weighted by Crippen LogP contribution is 2.31. The van der Waals surface area contributed by atoms with Crippen LogP contribution in [0.15, 0.2) is 53.5 Å². The third-order valence-electron chi connectivity index (χ3n) is 4.55. The highest BCUT2D eigenvalue weighted by Gasteiger charge is 2.17. The van der Waals surface area contributed by atoms with E-state index in [0.717, 1.165) is 17.0 Å². The molecule has 0 aliphatic carbocycles. The number of carboxylic acid groups (broad SMARTS) is 1. The number of nitro groups is 1. The number of aromatic nitrogens is 1. The van der Waals surface area contributed by atoms with E-state index in [2.05, 4.69) is 4.99 Å². The molecule has 0 aliphatic heterocycles. The van der Waals surface area contributed by atoms with Gasteiger partial charge in [0.1, 0.15) is 5.75 Å². The van der Waals surface area contributed by atoms with Crippen LogP contribution in [0, 0.1) is 24.0 Å². The highest BCUT2D eigenvalue weighted by molar-refractivity contribution is 5.88. The summed E-state index contributed by atoms with van der Waals surface area (Å²) in [5, 5.41) is 20.0. The Morgan fingerprint density at radius 3 is 2.45 bits per heavy atom. The van der Waals surface area contributed by atoms with Crippen LogP contribution in [-0.4, -0.2) is 33.9 Å². The second-order valence-electron chi connectivity index (χ2n) is 6.39. The fourth-order valence-corrected chi connectivity index (χ4v) is 3.09. The first-order valence-electron chi connectivity index (χ1n) is 8.71. The summed E-state index contributed by atoms with van der Waals surface area (Å²) in [6, 6.07) is 12.7. The summed E-state index contributed by atoms with van der Waals surface area (Å²) in [7, 11) is 1.47. The predicted molar refractivity (Wildman–Crippen MR) is 109 cm³/mol. The van der Waals surface area contributed by atoms with Crippen molar-refractivity contribution in [3.8, 4) is 11.4 Å². The first-order valence-corrected chi connectivity index (χ1v) is 8.71. The number of ether oxygens (including phenoxy) is 1. The van der Waals surface area contributed by atoms with E-state index in [1.807, 2.05) is 24.5 Å². The van der Waals surface area contributed by atoms with Crippen molar-refractivity contribution in [3.63, 3.8) is 0 Å². The van der Waals surface area contributed by atoms with Gasteiger partial charge in [-0.25, -0.2) is 4.79 Å². The van der Waals surface area contributed by atoms with E-state index in [9.17, 15) is 14.9 Å². The summed E-state index contributed by atoms with van der Waals surface area (Å²) in [4.78, 5) is 25.9. The number of aromatic carboxylic acids is 1. The number of aliphatic imine (C=N–C) groups is 1. The standard InChI is InChI=1S/C21H19N3O5/c1-13-10-16(12-22-17-6-4-15(5-7-17)21(25)26)14(2)23(13)19-9-8-18(24(27)28)11-20(19)29-3/h4-12H,1-3H3,(H,25,26). The van der Waals surface area contributed by atoms with Gasteiger partial charge in [0.05, 0.1) is 35.0 Å². The van der Waals surface area contributed by atoms with E-state index in [1.54, 1.807) is 24.4 Å². The van der Waals surface area contributed by atoms with E-state index in [0.29, 0.717) is 17.1 Å². The number of hydrogen-bond acceptors (Lipinski definition) is 5. The van der Waals surface area contributed by atoms with Crippen molar-refractivity contribution in [3.05, 3.63) is 81.2 Å². The monoisotopic (exact) mass is 393 g/mol. The maximum atomic E-state index is 11.0. The SMILES string of the molecule is COc1cc([N+](=O)[O-])ccc1-n1c(C)cc(C=Nc2ccc(C(=O)O)cc2)c1C. The molecule has 0 bridgehead atoms. The van der Waals surface area contributed by atoms with Crippen LogP contribution in [0.2, 0.25) is 0 Å². The summed E-state index contributed by atoms with van der Waals surface area (Å²) in [5.74, 6) is -0.588. The molecular weight excluding hydrogens is 374 g/mol. The van der Waals surface area contributed by atoms with Crippen LogP contribution in [0.4, 0.5) is 11.4 Å². The Morgan fingerprint density at radius 1 is 1.17 bits per heavy atom. The second kappa shape index (κ2) is 7.97. The van der Waals surface area contributed by atoms with Crippen molar-refractivity contribution in [2.24, 2.45) is 4.99 Å². The van der Waals surface area contributed by atoms with Gasteiger partial charge < -0.3 is 14.4 Å². The quantitative estimate of drug-likeness (QED) is 0.378. The van der Waals surface area contributed by atoms with Crippen LogP contribution in [0.1, 0.15) is 27.3 Å². The topological polar surface area (TPSA) is 107 Å². The lowest BCUT2D eigenvalue weighted by Crippen LogP contribution is -2.03. The molecule has 148 valence electrons. The van der Waals surface area contributed by atoms with Crippen LogP contribution in [0.3, 0.4) is 0 Å². The normalized spacial score (nSPS) is 11.0. The molecule has 8 nitrogen and oxygen atoms in total. The van der Waals surface area contributed by atoms with E-state index in [4.69, 9.17) is 9.84 Å². The number of benzene rings is 2. The fourth-order valence-electron chi connectivity index (χ4n) is 3.09. The minimum absolute atomic E-state index is 0.0420. The van der Waals surface area contributed by atoms with Gasteiger partial charge >= 0.3 is 5.97 Å². The van der Waals surface area contributed by atoms with Crippen molar-refractivity contribution in [1.82, 2.24) is 4.57 Å². The summed E-state index contributed by atoms with van der Waals surface area (Å²) in [5.41, 5.74) is 4.15. The summed E-state index contributed by atoms with van der Waals surface area (Å²) >= 11 is 0. The molecule has 1 aromatic heterocycles. The van der Waals surface area contributed by atoms with E-state index in [1.165, 1.54) is 31.4 Å². The molecule has 0 aliphatic rings. The lowest BCUT2D eigenvalue weighted by molar-refractivity contribution is -0.384. The van der Waals surface area contributed by atoms with Gasteiger partial charge in [-0.05, 0) is 50.2 Å². The third-order valence-corrected chi connectivity index (χ3v) is 4.55. The average Bonchev–Trinajstić information content (AvgIpc) is 2.99. The van der Waals surface area contributed by atoms with Gasteiger partial charge in [0.25, 0.3) is 5.69 Å². The van der Waals surface area contributed by atoms with Crippen LogP contribution < -0.4 is 4.74 Å². The van der Waals surface area contributed by atoms with Crippen LogP contribution in [0.5, 0.6) is 5.75 Å². The number of carbonyl (C=O) groups is 1. The Morgan fingerprint density at radius 2 is 1.86 bits per heavy atom. The minimum Gasteiger partial charge on any atom is -0.494 e. The molecule has 1 heterocycles. The molecule has 0 atom stereocenters. The lowest BCUT2D eigenvalue weighted by Gasteiger charge is -2.13. The van der Waals surface area contributed by atoms with Crippen LogP contribution in [0.25, 0.3) is 5.69 Å². The number of hydrogen-bond donors (Lipinski definition) is 1.